The SMILES string of the molecule is C[C@@H](Oc1cc(-c2nc(C(C)(C)C)no2)ncc1C1CC1)C(F)(F)F. The Labute approximate surface area is 143 Å². The Kier molecular flexibility index (Phi) is 4.25. The van der Waals surface area contributed by atoms with Crippen molar-refractivity contribution in [1.29, 1.82) is 0 Å². The zero-order chi connectivity index (χ0) is 18.4. The van der Waals surface area contributed by atoms with Crippen molar-refractivity contribution in [2.24, 2.45) is 0 Å². The van der Waals surface area contributed by atoms with Gasteiger partial charge in [-0.2, -0.15) is 18.2 Å². The Bertz CT molecular complexity index is 761. The number of halogens is 3. The number of alkyl halides is 3. The van der Waals surface area contributed by atoms with Crippen molar-refractivity contribution in [1.82, 2.24) is 15.1 Å². The Morgan fingerprint density at radius 1 is 1.24 bits per heavy atom. The van der Waals surface area contributed by atoms with Gasteiger partial charge in [0, 0.05) is 23.2 Å². The summed E-state index contributed by atoms with van der Waals surface area (Å²) in [6.07, 6.45) is -2.95. The van der Waals surface area contributed by atoms with Crippen molar-refractivity contribution in [3.63, 3.8) is 0 Å². The van der Waals surface area contributed by atoms with Gasteiger partial charge in [0.2, 0.25) is 0 Å². The molecule has 3 rings (SSSR count). The smallest absolute Gasteiger partial charge is 0.425 e. The van der Waals surface area contributed by atoms with Crippen LogP contribution in [0, 0.1) is 0 Å². The molecule has 1 aliphatic carbocycles. The lowest BCUT2D eigenvalue weighted by Gasteiger charge is -2.19. The first-order valence-electron chi connectivity index (χ1n) is 8.13. The highest BCUT2D eigenvalue weighted by Gasteiger charge is 2.39. The third-order valence-corrected chi connectivity index (χ3v) is 3.99. The van der Waals surface area contributed by atoms with E-state index in [1.54, 1.807) is 6.20 Å². The van der Waals surface area contributed by atoms with E-state index < -0.39 is 12.3 Å². The molecule has 2 heterocycles. The summed E-state index contributed by atoms with van der Waals surface area (Å²) in [5.74, 6) is 1.04. The molecule has 0 aliphatic heterocycles. The lowest BCUT2D eigenvalue weighted by molar-refractivity contribution is -0.189. The minimum atomic E-state index is -4.44. The number of hydrogen-bond donors (Lipinski definition) is 0. The lowest BCUT2D eigenvalue weighted by atomic mass is 9.96. The van der Waals surface area contributed by atoms with Crippen molar-refractivity contribution in [2.45, 2.75) is 64.1 Å². The summed E-state index contributed by atoms with van der Waals surface area (Å²) in [5.41, 5.74) is 0.687. The molecule has 8 heteroatoms. The number of hydrogen-bond acceptors (Lipinski definition) is 5. The van der Waals surface area contributed by atoms with Gasteiger partial charge < -0.3 is 9.26 Å². The largest absolute Gasteiger partial charge is 0.481 e. The molecule has 25 heavy (non-hydrogen) atoms. The maximum absolute atomic E-state index is 12.9. The van der Waals surface area contributed by atoms with Gasteiger partial charge in [-0.25, -0.2) is 0 Å². The molecule has 5 nitrogen and oxygen atoms in total. The van der Waals surface area contributed by atoms with Gasteiger partial charge in [0.1, 0.15) is 11.4 Å². The van der Waals surface area contributed by atoms with Gasteiger partial charge in [0.05, 0.1) is 0 Å². The molecule has 0 N–H and O–H groups in total. The van der Waals surface area contributed by atoms with Crippen LogP contribution in [-0.4, -0.2) is 27.4 Å². The molecule has 0 spiro atoms. The van der Waals surface area contributed by atoms with E-state index in [0.717, 1.165) is 19.8 Å². The van der Waals surface area contributed by atoms with Crippen LogP contribution >= 0.6 is 0 Å². The molecule has 0 amide bonds. The number of nitrogens with zero attached hydrogens (tertiary/aromatic N) is 3. The van der Waals surface area contributed by atoms with Crippen LogP contribution in [0.3, 0.4) is 0 Å². The monoisotopic (exact) mass is 355 g/mol. The first-order chi connectivity index (χ1) is 11.6. The molecule has 1 aliphatic rings. The fraction of sp³-hybridized carbons (Fsp3) is 0.588. The summed E-state index contributed by atoms with van der Waals surface area (Å²) >= 11 is 0. The van der Waals surface area contributed by atoms with E-state index in [2.05, 4.69) is 15.1 Å². The van der Waals surface area contributed by atoms with E-state index in [4.69, 9.17) is 9.26 Å². The highest BCUT2D eigenvalue weighted by molar-refractivity contribution is 5.53. The molecule has 0 unspecified atom stereocenters. The summed E-state index contributed by atoms with van der Waals surface area (Å²) < 4.78 is 49.0. The van der Waals surface area contributed by atoms with Crippen LogP contribution in [0.15, 0.2) is 16.8 Å². The molecule has 0 radical (unpaired) electrons. The van der Waals surface area contributed by atoms with Gasteiger partial charge in [0.25, 0.3) is 5.89 Å². The van der Waals surface area contributed by atoms with Gasteiger partial charge in [-0.15, -0.1) is 0 Å². The molecule has 2 aromatic heterocycles. The van der Waals surface area contributed by atoms with Gasteiger partial charge in [-0.3, -0.25) is 4.98 Å². The lowest BCUT2D eigenvalue weighted by Crippen LogP contribution is -2.31. The summed E-state index contributed by atoms with van der Waals surface area (Å²) in [6, 6.07) is 1.45. The van der Waals surface area contributed by atoms with Crippen LogP contribution in [0.1, 0.15) is 57.8 Å². The van der Waals surface area contributed by atoms with Crippen molar-refractivity contribution < 1.29 is 22.4 Å². The van der Waals surface area contributed by atoms with E-state index in [0.29, 0.717) is 17.1 Å². The minimum Gasteiger partial charge on any atom is -0.481 e. The van der Waals surface area contributed by atoms with Crippen LogP contribution in [0.4, 0.5) is 13.2 Å². The predicted molar refractivity (Wildman–Crippen MR) is 84.3 cm³/mol. The minimum absolute atomic E-state index is 0.164. The molecule has 2 aromatic rings. The van der Waals surface area contributed by atoms with Crippen molar-refractivity contribution in [3.05, 3.63) is 23.7 Å². The second-order valence-corrected chi connectivity index (χ2v) is 7.36. The molecule has 1 saturated carbocycles. The van der Waals surface area contributed by atoms with Crippen molar-refractivity contribution in [2.75, 3.05) is 0 Å². The molecular formula is C17H20F3N3O2. The normalized spacial score (nSPS) is 16.8. The number of pyridine rings is 1. The second-order valence-electron chi connectivity index (χ2n) is 7.36. The van der Waals surface area contributed by atoms with Gasteiger partial charge in [-0.1, -0.05) is 25.9 Å². The van der Waals surface area contributed by atoms with E-state index in [9.17, 15) is 13.2 Å². The summed E-state index contributed by atoms with van der Waals surface area (Å²) in [7, 11) is 0. The first-order valence-corrected chi connectivity index (χ1v) is 8.13. The molecular weight excluding hydrogens is 335 g/mol. The zero-order valence-corrected chi connectivity index (χ0v) is 14.5. The molecule has 0 bridgehead atoms. The average molecular weight is 355 g/mol. The number of rotatable bonds is 4. The van der Waals surface area contributed by atoms with Crippen LogP contribution in [0.5, 0.6) is 5.75 Å². The third-order valence-electron chi connectivity index (χ3n) is 3.99. The molecule has 0 saturated heterocycles. The highest BCUT2D eigenvalue weighted by atomic mass is 19.4. The Hall–Kier alpha value is -2.12. The average Bonchev–Trinajstić information content (AvgIpc) is 3.20. The van der Waals surface area contributed by atoms with Crippen LogP contribution in [0.2, 0.25) is 0 Å². The quantitative estimate of drug-likeness (QED) is 0.800. The summed E-state index contributed by atoms with van der Waals surface area (Å²) in [4.78, 5) is 8.57. The Morgan fingerprint density at radius 2 is 1.92 bits per heavy atom. The van der Waals surface area contributed by atoms with Gasteiger partial charge in [0.15, 0.2) is 11.9 Å². The van der Waals surface area contributed by atoms with E-state index >= 15 is 0 Å². The number of ether oxygens (including phenoxy) is 1. The molecule has 0 aromatic carbocycles. The fourth-order valence-electron chi connectivity index (χ4n) is 2.26. The zero-order valence-electron chi connectivity index (χ0n) is 14.5. The van der Waals surface area contributed by atoms with Crippen molar-refractivity contribution in [3.8, 4) is 17.3 Å². The topological polar surface area (TPSA) is 61.0 Å². The third kappa shape index (κ3) is 3.93. The van der Waals surface area contributed by atoms with E-state index in [-0.39, 0.29) is 23.0 Å². The first kappa shape index (κ1) is 17.7. The van der Waals surface area contributed by atoms with Crippen molar-refractivity contribution >= 4 is 0 Å². The molecule has 1 atom stereocenters. The summed E-state index contributed by atoms with van der Waals surface area (Å²) in [6.45, 7) is 6.79. The second kappa shape index (κ2) is 6.00. The van der Waals surface area contributed by atoms with Crippen LogP contribution < -0.4 is 4.74 Å². The van der Waals surface area contributed by atoms with E-state index in [1.807, 2.05) is 20.8 Å². The van der Waals surface area contributed by atoms with Crippen LogP contribution in [-0.2, 0) is 5.41 Å². The summed E-state index contributed by atoms with van der Waals surface area (Å²) in [5, 5.41) is 3.92. The standard InChI is InChI=1S/C17H20F3N3O2/c1-9(17(18,19)20)24-13-7-12(21-8-11(13)10-5-6-10)14-22-15(23-25-14)16(2,3)4/h7-10H,5-6H2,1-4H3/t9-/m1/s1. The maximum Gasteiger partial charge on any atom is 0.425 e. The molecule has 136 valence electrons. The maximum atomic E-state index is 12.9. The van der Waals surface area contributed by atoms with Crippen LogP contribution in [0.25, 0.3) is 11.6 Å². The predicted octanol–water partition coefficient (Wildman–Crippen LogP) is 4.64. The van der Waals surface area contributed by atoms with Gasteiger partial charge in [-0.05, 0) is 25.7 Å². The molecule has 1 fully saturated rings. The number of aromatic nitrogens is 3. The van der Waals surface area contributed by atoms with E-state index in [1.165, 1.54) is 6.07 Å². The Morgan fingerprint density at radius 3 is 2.44 bits per heavy atom. The van der Waals surface area contributed by atoms with Gasteiger partial charge >= 0.3 is 6.18 Å². The highest BCUT2D eigenvalue weighted by Crippen LogP contribution is 2.45. The Balaban J connectivity index is 1.94. The fourth-order valence-corrected chi connectivity index (χ4v) is 2.26.